The average molecular weight is 179 g/mol. The summed E-state index contributed by atoms with van der Waals surface area (Å²) in [6.07, 6.45) is 3.46. The summed E-state index contributed by atoms with van der Waals surface area (Å²) in [6, 6.07) is 6.06. The minimum Gasteiger partial charge on any atom is -0.624 e. The minimum atomic E-state index is -0.277. The van der Waals surface area contributed by atoms with E-state index >= 15 is 0 Å². The zero-order valence-electron chi connectivity index (χ0n) is 7.11. The van der Waals surface area contributed by atoms with Crippen LogP contribution in [0, 0.1) is 11.0 Å². The van der Waals surface area contributed by atoms with E-state index in [0.29, 0.717) is 0 Å². The number of nitrogens with zero attached hydrogens (tertiary/aromatic N) is 1. The molecule has 0 aromatic heterocycles. The molecule has 0 amide bonds. The van der Waals surface area contributed by atoms with Gasteiger partial charge in [-0.2, -0.15) is 0 Å². The van der Waals surface area contributed by atoms with Gasteiger partial charge >= 0.3 is 0 Å². The van der Waals surface area contributed by atoms with Gasteiger partial charge in [-0.3, -0.25) is 0 Å². The molecule has 1 fully saturated rings. The Labute approximate surface area is 75.9 Å². The van der Waals surface area contributed by atoms with Crippen molar-refractivity contribution >= 4 is 6.21 Å². The highest BCUT2D eigenvalue weighted by molar-refractivity contribution is 5.75. The smallest absolute Gasteiger partial charge is 0.182 e. The van der Waals surface area contributed by atoms with Crippen LogP contribution in [0.3, 0.4) is 0 Å². The number of halogens is 1. The lowest BCUT2D eigenvalue weighted by Crippen LogP contribution is -2.07. The molecular weight excluding hydrogens is 169 g/mol. The van der Waals surface area contributed by atoms with Crippen LogP contribution in [-0.4, -0.2) is 17.0 Å². The van der Waals surface area contributed by atoms with Gasteiger partial charge in [0.2, 0.25) is 0 Å². The monoisotopic (exact) mass is 179 g/mol. The fourth-order valence-electron chi connectivity index (χ4n) is 1.13. The molecule has 2 rings (SSSR count). The molecule has 0 heterocycles. The van der Waals surface area contributed by atoms with E-state index in [0.717, 1.165) is 23.1 Å². The molecule has 0 unspecified atom stereocenters. The number of hydrogen-bond donors (Lipinski definition) is 0. The van der Waals surface area contributed by atoms with Crippen molar-refractivity contribution in [3.63, 3.8) is 0 Å². The van der Waals surface area contributed by atoms with Gasteiger partial charge in [0.1, 0.15) is 5.82 Å². The van der Waals surface area contributed by atoms with E-state index in [1.807, 2.05) is 0 Å². The Morgan fingerprint density at radius 1 is 1.31 bits per heavy atom. The summed E-state index contributed by atoms with van der Waals surface area (Å²) < 4.78 is 13.4. The fourth-order valence-corrected chi connectivity index (χ4v) is 1.13. The second-order valence-corrected chi connectivity index (χ2v) is 3.27. The Morgan fingerprint density at radius 3 is 2.46 bits per heavy atom. The number of rotatable bonds is 2. The highest BCUT2D eigenvalue weighted by atomic mass is 19.1. The first kappa shape index (κ1) is 8.23. The van der Waals surface area contributed by atoms with E-state index < -0.39 is 0 Å². The summed E-state index contributed by atoms with van der Waals surface area (Å²) in [6.45, 7) is 0. The average Bonchev–Trinajstić information content (AvgIpc) is 2.91. The SMILES string of the molecule is [O-]/[N+](=C/c1ccc(F)cc1)C1CC1. The van der Waals surface area contributed by atoms with E-state index in [4.69, 9.17) is 0 Å². The van der Waals surface area contributed by atoms with Gasteiger partial charge in [0.05, 0.1) is 0 Å². The predicted molar refractivity (Wildman–Crippen MR) is 48.2 cm³/mol. The molecule has 0 radical (unpaired) electrons. The lowest BCUT2D eigenvalue weighted by atomic mass is 10.2. The fraction of sp³-hybridized carbons (Fsp3) is 0.300. The van der Waals surface area contributed by atoms with Crippen molar-refractivity contribution < 1.29 is 9.13 Å². The zero-order chi connectivity index (χ0) is 9.26. The van der Waals surface area contributed by atoms with Gasteiger partial charge in [-0.15, -0.1) is 0 Å². The van der Waals surface area contributed by atoms with E-state index in [2.05, 4.69) is 0 Å². The molecule has 2 nitrogen and oxygen atoms in total. The molecule has 1 aliphatic carbocycles. The van der Waals surface area contributed by atoms with Crippen molar-refractivity contribution in [3.05, 3.63) is 40.9 Å². The molecule has 68 valence electrons. The first-order valence-corrected chi connectivity index (χ1v) is 4.31. The van der Waals surface area contributed by atoms with Crippen LogP contribution in [0.25, 0.3) is 0 Å². The van der Waals surface area contributed by atoms with Gasteiger partial charge in [-0.25, -0.2) is 9.13 Å². The van der Waals surface area contributed by atoms with Gasteiger partial charge in [0.25, 0.3) is 0 Å². The first-order valence-electron chi connectivity index (χ1n) is 4.31. The van der Waals surface area contributed by atoms with Crippen LogP contribution in [0.1, 0.15) is 18.4 Å². The van der Waals surface area contributed by atoms with Crippen molar-refractivity contribution in [1.82, 2.24) is 0 Å². The predicted octanol–water partition coefficient (Wildman–Crippen LogP) is 1.92. The molecule has 1 aliphatic rings. The molecule has 1 saturated carbocycles. The molecule has 0 atom stereocenters. The van der Waals surface area contributed by atoms with Crippen molar-refractivity contribution in [1.29, 1.82) is 0 Å². The van der Waals surface area contributed by atoms with Crippen LogP contribution in [0.5, 0.6) is 0 Å². The molecule has 3 heteroatoms. The van der Waals surface area contributed by atoms with Crippen molar-refractivity contribution in [2.24, 2.45) is 0 Å². The molecule has 1 aromatic rings. The first-order chi connectivity index (χ1) is 6.25. The molecule has 1 aromatic carbocycles. The third-order valence-corrected chi connectivity index (χ3v) is 2.05. The standard InChI is InChI=1S/C10H10FNO/c11-9-3-1-8(2-4-9)7-12(13)10-5-6-10/h1-4,7,10H,5-6H2/b12-7+. The molecular formula is C10H10FNO. The van der Waals surface area contributed by atoms with Gasteiger partial charge in [-0.1, -0.05) is 0 Å². The lowest BCUT2D eigenvalue weighted by molar-refractivity contribution is -0.467. The largest absolute Gasteiger partial charge is 0.624 e. The Kier molecular flexibility index (Phi) is 2.00. The summed E-state index contributed by atoms with van der Waals surface area (Å²) in [5.74, 6) is -0.277. The van der Waals surface area contributed by atoms with E-state index in [-0.39, 0.29) is 11.9 Å². The maximum atomic E-state index is 12.5. The Morgan fingerprint density at radius 2 is 1.92 bits per heavy atom. The lowest BCUT2D eigenvalue weighted by Gasteiger charge is -2.00. The van der Waals surface area contributed by atoms with E-state index in [1.165, 1.54) is 18.3 Å². The van der Waals surface area contributed by atoms with E-state index in [9.17, 15) is 9.60 Å². The summed E-state index contributed by atoms with van der Waals surface area (Å²) in [5.41, 5.74) is 0.753. The Balaban J connectivity index is 2.16. The third kappa shape index (κ3) is 2.05. The minimum absolute atomic E-state index is 0.157. The maximum absolute atomic E-state index is 12.5. The molecule has 0 bridgehead atoms. The number of benzene rings is 1. The van der Waals surface area contributed by atoms with Crippen molar-refractivity contribution in [2.75, 3.05) is 0 Å². The summed E-state index contributed by atoms with van der Waals surface area (Å²) >= 11 is 0. The third-order valence-electron chi connectivity index (χ3n) is 2.05. The molecule has 0 aliphatic heterocycles. The van der Waals surface area contributed by atoms with Crippen LogP contribution in [-0.2, 0) is 0 Å². The van der Waals surface area contributed by atoms with Crippen LogP contribution in [0.15, 0.2) is 24.3 Å². The van der Waals surface area contributed by atoms with Gasteiger partial charge in [0.15, 0.2) is 12.3 Å². The van der Waals surface area contributed by atoms with Gasteiger partial charge < -0.3 is 5.21 Å². The summed E-state index contributed by atoms with van der Waals surface area (Å²) in [4.78, 5) is 0. The second kappa shape index (κ2) is 3.17. The van der Waals surface area contributed by atoms with Crippen LogP contribution in [0.2, 0.25) is 0 Å². The normalized spacial score (nSPS) is 17.5. The van der Waals surface area contributed by atoms with Crippen LogP contribution < -0.4 is 0 Å². The van der Waals surface area contributed by atoms with Crippen LogP contribution in [0.4, 0.5) is 4.39 Å². The Bertz CT molecular complexity index is 327. The number of hydroxylamine groups is 1. The van der Waals surface area contributed by atoms with Crippen molar-refractivity contribution in [2.45, 2.75) is 18.9 Å². The second-order valence-electron chi connectivity index (χ2n) is 3.27. The Hall–Kier alpha value is -1.38. The van der Waals surface area contributed by atoms with Crippen LogP contribution >= 0.6 is 0 Å². The summed E-state index contributed by atoms with van der Waals surface area (Å²) in [7, 11) is 0. The highest BCUT2D eigenvalue weighted by Gasteiger charge is 2.29. The molecule has 0 saturated heterocycles. The summed E-state index contributed by atoms with van der Waals surface area (Å²) in [5, 5.41) is 11.2. The van der Waals surface area contributed by atoms with Crippen molar-refractivity contribution in [3.8, 4) is 0 Å². The van der Waals surface area contributed by atoms with Gasteiger partial charge in [-0.05, 0) is 24.3 Å². The quantitative estimate of drug-likeness (QED) is 0.295. The topological polar surface area (TPSA) is 26.1 Å². The molecule has 0 N–H and O–H groups in total. The molecule has 13 heavy (non-hydrogen) atoms. The molecule has 0 spiro atoms. The van der Waals surface area contributed by atoms with Gasteiger partial charge in [0, 0.05) is 18.4 Å². The van der Waals surface area contributed by atoms with E-state index in [1.54, 1.807) is 12.1 Å². The number of hydrogen-bond acceptors (Lipinski definition) is 1. The zero-order valence-corrected chi connectivity index (χ0v) is 7.11. The highest BCUT2D eigenvalue weighted by Crippen LogP contribution is 2.22. The maximum Gasteiger partial charge on any atom is 0.182 e.